The van der Waals surface area contributed by atoms with Crippen molar-refractivity contribution in [3.63, 3.8) is 0 Å². The van der Waals surface area contributed by atoms with E-state index < -0.39 is 8.32 Å². The molecule has 2 aromatic rings. The molecule has 122 valence electrons. The molecule has 1 saturated heterocycles. The molecular formula is C19H24O3Si. The highest BCUT2D eigenvalue weighted by molar-refractivity contribution is 6.96. The molecule has 2 atom stereocenters. The van der Waals surface area contributed by atoms with Gasteiger partial charge < -0.3 is 13.9 Å². The second-order valence-electron chi connectivity index (χ2n) is 6.08. The van der Waals surface area contributed by atoms with Crippen LogP contribution in [0.3, 0.4) is 0 Å². The molecule has 0 N–H and O–H groups in total. The topological polar surface area (TPSA) is 27.7 Å². The van der Waals surface area contributed by atoms with Gasteiger partial charge in [-0.3, -0.25) is 0 Å². The first-order valence-corrected chi connectivity index (χ1v) is 10.6. The Hall–Kier alpha value is -1.46. The number of hydrogen-bond acceptors (Lipinski definition) is 3. The van der Waals surface area contributed by atoms with Gasteiger partial charge in [0.1, 0.15) is 0 Å². The molecule has 3 nitrogen and oxygen atoms in total. The second-order valence-corrected chi connectivity index (χ2v) is 9.59. The minimum atomic E-state index is -2.22. The summed E-state index contributed by atoms with van der Waals surface area (Å²) in [5, 5.41) is 2.57. The molecule has 0 saturated carbocycles. The summed E-state index contributed by atoms with van der Waals surface area (Å²) in [6, 6.07) is 21.1. The molecule has 23 heavy (non-hydrogen) atoms. The fraction of sp³-hybridized carbons (Fsp3) is 0.368. The largest absolute Gasteiger partial charge is 0.406 e. The van der Waals surface area contributed by atoms with E-state index in [1.807, 2.05) is 12.1 Å². The predicted molar refractivity (Wildman–Crippen MR) is 94.6 cm³/mol. The summed E-state index contributed by atoms with van der Waals surface area (Å²) in [6.45, 7) is 2.88. The summed E-state index contributed by atoms with van der Waals surface area (Å²) in [5.41, 5.74) is 0. The molecule has 1 fully saturated rings. The molecular weight excluding hydrogens is 304 g/mol. The van der Waals surface area contributed by atoms with Gasteiger partial charge in [-0.25, -0.2) is 0 Å². The van der Waals surface area contributed by atoms with Crippen LogP contribution in [0.5, 0.6) is 0 Å². The molecule has 0 aliphatic carbocycles. The zero-order chi connectivity index (χ0) is 16.1. The summed E-state index contributed by atoms with van der Waals surface area (Å²) >= 11 is 0. The van der Waals surface area contributed by atoms with Crippen LogP contribution in [0.4, 0.5) is 0 Å². The van der Waals surface area contributed by atoms with Gasteiger partial charge >= 0.3 is 0 Å². The average molecular weight is 328 g/mol. The standard InChI is InChI=1S/C19H24O3Si/c1-20-19-14-13-16(22-19)15-21-23(2,17-9-5-3-6-10-17)18-11-7-4-8-12-18/h3-12,16,19H,13-15H2,1-2H3/t16?,19-/m1/s1. The second kappa shape index (κ2) is 7.40. The Kier molecular flexibility index (Phi) is 5.28. The Morgan fingerprint density at radius 2 is 1.52 bits per heavy atom. The van der Waals surface area contributed by atoms with Crippen molar-refractivity contribution >= 4 is 18.7 Å². The van der Waals surface area contributed by atoms with Gasteiger partial charge in [0.05, 0.1) is 12.7 Å². The minimum absolute atomic E-state index is 0.0787. The van der Waals surface area contributed by atoms with Crippen molar-refractivity contribution in [3.05, 3.63) is 60.7 Å². The van der Waals surface area contributed by atoms with E-state index in [-0.39, 0.29) is 12.4 Å². The van der Waals surface area contributed by atoms with Crippen molar-refractivity contribution in [2.24, 2.45) is 0 Å². The maximum atomic E-state index is 6.54. The van der Waals surface area contributed by atoms with Gasteiger partial charge in [0, 0.05) is 13.5 Å². The SMILES string of the molecule is CO[C@H]1CCC(CO[Si](C)(c2ccccc2)c2ccccc2)O1. The highest BCUT2D eigenvalue weighted by Crippen LogP contribution is 2.21. The molecule has 1 unspecified atom stereocenters. The molecule has 0 radical (unpaired) electrons. The van der Waals surface area contributed by atoms with Crippen molar-refractivity contribution in [1.29, 1.82) is 0 Å². The van der Waals surface area contributed by atoms with Crippen molar-refractivity contribution in [3.8, 4) is 0 Å². The number of rotatable bonds is 6. The van der Waals surface area contributed by atoms with Crippen LogP contribution in [-0.2, 0) is 13.9 Å². The van der Waals surface area contributed by atoms with E-state index in [4.69, 9.17) is 13.9 Å². The fourth-order valence-corrected chi connectivity index (χ4v) is 5.92. The predicted octanol–water partition coefficient (Wildman–Crippen LogP) is 2.54. The van der Waals surface area contributed by atoms with Crippen molar-refractivity contribution in [2.75, 3.05) is 13.7 Å². The summed E-state index contributed by atoms with van der Waals surface area (Å²) in [5.74, 6) is 0. The normalized spacial score (nSPS) is 21.5. The Morgan fingerprint density at radius 3 is 2.00 bits per heavy atom. The Balaban J connectivity index is 1.79. The number of hydrogen-bond donors (Lipinski definition) is 0. The molecule has 0 amide bonds. The molecule has 1 aliphatic heterocycles. The van der Waals surface area contributed by atoms with Gasteiger partial charge in [-0.1, -0.05) is 60.7 Å². The zero-order valence-electron chi connectivity index (χ0n) is 13.8. The van der Waals surface area contributed by atoms with E-state index in [1.165, 1.54) is 10.4 Å². The lowest BCUT2D eigenvalue weighted by Crippen LogP contribution is -2.59. The zero-order valence-corrected chi connectivity index (χ0v) is 14.8. The molecule has 1 aliphatic rings. The molecule has 0 bridgehead atoms. The third kappa shape index (κ3) is 3.72. The maximum Gasteiger partial charge on any atom is 0.252 e. The van der Waals surface area contributed by atoms with Crippen molar-refractivity contribution in [2.45, 2.75) is 31.8 Å². The highest BCUT2D eigenvalue weighted by atomic mass is 28.4. The van der Waals surface area contributed by atoms with Crippen LogP contribution < -0.4 is 10.4 Å². The first-order chi connectivity index (χ1) is 11.2. The van der Waals surface area contributed by atoms with Gasteiger partial charge in [-0.2, -0.15) is 0 Å². The molecule has 0 spiro atoms. The van der Waals surface area contributed by atoms with E-state index in [2.05, 4.69) is 55.1 Å². The van der Waals surface area contributed by atoms with E-state index in [1.54, 1.807) is 7.11 Å². The van der Waals surface area contributed by atoms with Gasteiger partial charge in [0.15, 0.2) is 6.29 Å². The number of benzene rings is 2. The molecule has 4 heteroatoms. The van der Waals surface area contributed by atoms with Crippen LogP contribution in [0, 0.1) is 0 Å². The van der Waals surface area contributed by atoms with Crippen LogP contribution in [-0.4, -0.2) is 34.4 Å². The summed E-state index contributed by atoms with van der Waals surface area (Å²) < 4.78 is 17.7. The lowest BCUT2D eigenvalue weighted by atomic mass is 10.2. The number of ether oxygens (including phenoxy) is 2. The Bertz CT molecular complexity index is 563. The van der Waals surface area contributed by atoms with Gasteiger partial charge in [0.25, 0.3) is 8.32 Å². The molecule has 1 heterocycles. The van der Waals surface area contributed by atoms with Gasteiger partial charge in [0.2, 0.25) is 0 Å². The lowest BCUT2D eigenvalue weighted by Gasteiger charge is -2.29. The van der Waals surface area contributed by atoms with E-state index in [0.29, 0.717) is 6.61 Å². The summed E-state index contributed by atoms with van der Waals surface area (Å²) in [4.78, 5) is 0. The van der Waals surface area contributed by atoms with Crippen LogP contribution in [0.25, 0.3) is 0 Å². The minimum Gasteiger partial charge on any atom is -0.406 e. The lowest BCUT2D eigenvalue weighted by molar-refractivity contribution is -0.121. The Labute approximate surface area is 139 Å². The monoisotopic (exact) mass is 328 g/mol. The van der Waals surface area contributed by atoms with E-state index >= 15 is 0 Å². The molecule has 0 aromatic heterocycles. The van der Waals surface area contributed by atoms with E-state index in [9.17, 15) is 0 Å². The number of methoxy groups -OCH3 is 1. The van der Waals surface area contributed by atoms with Gasteiger partial charge in [-0.05, 0) is 23.3 Å². The third-order valence-corrected chi connectivity index (χ3v) is 8.15. The van der Waals surface area contributed by atoms with Crippen molar-refractivity contribution < 1.29 is 13.9 Å². The highest BCUT2D eigenvalue weighted by Gasteiger charge is 2.36. The summed E-state index contributed by atoms with van der Waals surface area (Å²) in [6.07, 6.45) is 1.98. The average Bonchev–Trinajstić information content (AvgIpc) is 3.09. The smallest absolute Gasteiger partial charge is 0.252 e. The van der Waals surface area contributed by atoms with E-state index in [0.717, 1.165) is 12.8 Å². The summed E-state index contributed by atoms with van der Waals surface area (Å²) in [7, 11) is -0.527. The first kappa shape index (κ1) is 16.4. The van der Waals surface area contributed by atoms with Crippen LogP contribution in [0.2, 0.25) is 6.55 Å². The fourth-order valence-electron chi connectivity index (χ4n) is 3.07. The molecule has 3 rings (SSSR count). The third-order valence-electron chi connectivity index (χ3n) is 4.54. The van der Waals surface area contributed by atoms with Crippen LogP contribution in [0.15, 0.2) is 60.7 Å². The maximum absolute atomic E-state index is 6.54. The van der Waals surface area contributed by atoms with Crippen molar-refractivity contribution in [1.82, 2.24) is 0 Å². The quantitative estimate of drug-likeness (QED) is 0.763. The Morgan fingerprint density at radius 1 is 0.957 bits per heavy atom. The van der Waals surface area contributed by atoms with Crippen LogP contribution >= 0.6 is 0 Å². The molecule has 2 aromatic carbocycles. The van der Waals surface area contributed by atoms with Gasteiger partial charge in [-0.15, -0.1) is 0 Å². The van der Waals surface area contributed by atoms with Crippen LogP contribution in [0.1, 0.15) is 12.8 Å². The first-order valence-electron chi connectivity index (χ1n) is 8.15.